The van der Waals surface area contributed by atoms with Gasteiger partial charge in [-0.3, -0.25) is 9.59 Å². The lowest BCUT2D eigenvalue weighted by atomic mass is 10.0. The van der Waals surface area contributed by atoms with Gasteiger partial charge in [-0.05, 0) is 93.3 Å². The molecule has 0 saturated carbocycles. The highest BCUT2D eigenvalue weighted by atomic mass is 16.5. The van der Waals surface area contributed by atoms with Gasteiger partial charge in [-0.25, -0.2) is 4.90 Å². The van der Waals surface area contributed by atoms with E-state index in [9.17, 15) is 9.59 Å². The number of imide groups is 1. The second-order valence-corrected chi connectivity index (χ2v) is 8.73. The van der Waals surface area contributed by atoms with E-state index in [0.29, 0.717) is 22.6 Å². The van der Waals surface area contributed by atoms with E-state index in [1.54, 1.807) is 6.07 Å². The maximum atomic E-state index is 13.6. The van der Waals surface area contributed by atoms with Crippen LogP contribution in [0.15, 0.2) is 72.4 Å². The number of nitrogens with one attached hydrogen (secondary N) is 1. The summed E-state index contributed by atoms with van der Waals surface area (Å²) >= 11 is 0. The number of carbonyl (C=O) groups excluding carboxylic acids is 2. The Bertz CT molecular complexity index is 1240. The van der Waals surface area contributed by atoms with Crippen molar-refractivity contribution in [2.75, 3.05) is 10.2 Å². The van der Waals surface area contributed by atoms with Crippen molar-refractivity contribution in [3.8, 4) is 5.75 Å². The molecular weight excluding hydrogens is 412 g/mol. The summed E-state index contributed by atoms with van der Waals surface area (Å²) < 4.78 is 5.74. The van der Waals surface area contributed by atoms with Crippen molar-refractivity contribution in [1.29, 1.82) is 0 Å². The molecule has 5 nitrogen and oxygen atoms in total. The van der Waals surface area contributed by atoms with Crippen molar-refractivity contribution in [1.82, 2.24) is 0 Å². The summed E-state index contributed by atoms with van der Waals surface area (Å²) in [5, 5.41) is 3.25. The fourth-order valence-electron chi connectivity index (χ4n) is 4.08. The number of hydrogen-bond acceptors (Lipinski definition) is 4. The second kappa shape index (κ2) is 8.94. The zero-order chi connectivity index (χ0) is 23.7. The average Bonchev–Trinajstić information content (AvgIpc) is 2.97. The summed E-state index contributed by atoms with van der Waals surface area (Å²) in [6.07, 6.45) is 0.0448. The Kier molecular flexibility index (Phi) is 6.05. The summed E-state index contributed by atoms with van der Waals surface area (Å²) in [7, 11) is 0. The molecule has 1 heterocycles. The predicted molar refractivity (Wildman–Crippen MR) is 132 cm³/mol. The first-order valence-electron chi connectivity index (χ1n) is 11.0. The highest BCUT2D eigenvalue weighted by molar-refractivity contribution is 6.46. The van der Waals surface area contributed by atoms with Gasteiger partial charge >= 0.3 is 0 Å². The highest BCUT2D eigenvalue weighted by Gasteiger charge is 2.40. The quantitative estimate of drug-likeness (QED) is 0.493. The second-order valence-electron chi connectivity index (χ2n) is 8.73. The Morgan fingerprint density at radius 3 is 2.06 bits per heavy atom. The Hall–Kier alpha value is -3.86. The number of rotatable bonds is 6. The number of nitrogens with zero attached hydrogens (tertiary/aromatic N) is 1. The molecule has 1 N–H and O–H groups in total. The SMILES string of the molecule is Cc1cc(C)cc(NC2=C(c3ccc(OC(C)C)cc3)C(=O)N(c3cccc(C)c3)C2=O)c1. The molecule has 3 aromatic rings. The molecule has 1 aliphatic heterocycles. The third-order valence-electron chi connectivity index (χ3n) is 5.35. The van der Waals surface area contributed by atoms with Gasteiger partial charge in [0.1, 0.15) is 11.4 Å². The first kappa shape index (κ1) is 22.3. The van der Waals surface area contributed by atoms with Gasteiger partial charge in [0.25, 0.3) is 11.8 Å². The van der Waals surface area contributed by atoms with Crippen LogP contribution in [0, 0.1) is 20.8 Å². The molecule has 0 spiro atoms. The molecule has 0 unspecified atom stereocenters. The molecule has 0 saturated heterocycles. The molecule has 0 atom stereocenters. The van der Waals surface area contributed by atoms with Crippen molar-refractivity contribution >= 4 is 28.8 Å². The predicted octanol–water partition coefficient (Wildman–Crippen LogP) is 5.80. The third-order valence-corrected chi connectivity index (χ3v) is 5.35. The molecule has 168 valence electrons. The molecule has 0 fully saturated rings. The maximum absolute atomic E-state index is 13.6. The summed E-state index contributed by atoms with van der Waals surface area (Å²) in [6.45, 7) is 9.86. The number of aryl methyl sites for hydroxylation is 3. The molecule has 0 bridgehead atoms. The summed E-state index contributed by atoms with van der Waals surface area (Å²) in [5.74, 6) is -0.0113. The van der Waals surface area contributed by atoms with Crippen LogP contribution in [-0.2, 0) is 9.59 Å². The minimum Gasteiger partial charge on any atom is -0.491 e. The number of hydrogen-bond donors (Lipinski definition) is 1. The smallest absolute Gasteiger partial charge is 0.282 e. The maximum Gasteiger partial charge on any atom is 0.282 e. The first-order valence-corrected chi connectivity index (χ1v) is 11.0. The number of anilines is 2. The van der Waals surface area contributed by atoms with Crippen molar-refractivity contribution in [3.05, 3.63) is 94.7 Å². The largest absolute Gasteiger partial charge is 0.491 e. The normalized spacial score (nSPS) is 13.8. The number of amides is 2. The van der Waals surface area contributed by atoms with E-state index in [0.717, 1.165) is 22.4 Å². The van der Waals surface area contributed by atoms with E-state index >= 15 is 0 Å². The Labute approximate surface area is 194 Å². The van der Waals surface area contributed by atoms with Crippen LogP contribution in [0.5, 0.6) is 5.75 Å². The molecule has 3 aromatic carbocycles. The monoisotopic (exact) mass is 440 g/mol. The lowest BCUT2D eigenvalue weighted by Crippen LogP contribution is -2.32. The molecular formula is C28H28N2O3. The lowest BCUT2D eigenvalue weighted by Gasteiger charge is -2.16. The van der Waals surface area contributed by atoms with E-state index < -0.39 is 0 Å². The standard InChI is InChI=1S/C28H28N2O3/c1-17(2)33-24-11-9-21(10-12-24)25-26(29-22-14-19(4)13-20(5)15-22)28(32)30(27(25)31)23-8-6-7-18(3)16-23/h6-17,29H,1-5H3. The van der Waals surface area contributed by atoms with Crippen molar-refractivity contribution < 1.29 is 14.3 Å². The van der Waals surface area contributed by atoms with Crippen molar-refractivity contribution in [2.45, 2.75) is 40.7 Å². The summed E-state index contributed by atoms with van der Waals surface area (Å²) in [4.78, 5) is 28.4. The third kappa shape index (κ3) is 4.67. The molecule has 5 heteroatoms. The zero-order valence-corrected chi connectivity index (χ0v) is 19.6. The van der Waals surface area contributed by atoms with E-state index in [1.165, 1.54) is 4.90 Å². The van der Waals surface area contributed by atoms with Crippen LogP contribution in [0.3, 0.4) is 0 Å². The number of carbonyl (C=O) groups is 2. The lowest BCUT2D eigenvalue weighted by molar-refractivity contribution is -0.120. The van der Waals surface area contributed by atoms with Crippen LogP contribution in [0.4, 0.5) is 11.4 Å². The number of ether oxygens (including phenoxy) is 1. The van der Waals surface area contributed by atoms with Gasteiger partial charge in [0.15, 0.2) is 0 Å². The van der Waals surface area contributed by atoms with Crippen LogP contribution in [0.25, 0.3) is 5.57 Å². The average molecular weight is 441 g/mol. The van der Waals surface area contributed by atoms with Crippen molar-refractivity contribution in [3.63, 3.8) is 0 Å². The highest BCUT2D eigenvalue weighted by Crippen LogP contribution is 2.35. The van der Waals surface area contributed by atoms with Crippen LogP contribution < -0.4 is 15.0 Å². The molecule has 33 heavy (non-hydrogen) atoms. The van der Waals surface area contributed by atoms with E-state index in [1.807, 2.05) is 89.2 Å². The van der Waals surface area contributed by atoms with E-state index in [4.69, 9.17) is 4.74 Å². The molecule has 0 radical (unpaired) electrons. The minimum absolute atomic E-state index is 0.0448. The molecule has 4 rings (SSSR count). The van der Waals surface area contributed by atoms with Crippen LogP contribution >= 0.6 is 0 Å². The van der Waals surface area contributed by atoms with Gasteiger partial charge < -0.3 is 10.1 Å². The van der Waals surface area contributed by atoms with E-state index in [2.05, 4.69) is 11.4 Å². The fourth-order valence-corrected chi connectivity index (χ4v) is 4.08. The van der Waals surface area contributed by atoms with Crippen LogP contribution in [0.2, 0.25) is 0 Å². The Morgan fingerprint density at radius 2 is 1.45 bits per heavy atom. The molecule has 0 aliphatic carbocycles. The molecule has 2 amide bonds. The molecule has 1 aliphatic rings. The summed E-state index contributed by atoms with van der Waals surface area (Å²) in [5.41, 5.74) is 5.71. The minimum atomic E-state index is -0.373. The van der Waals surface area contributed by atoms with Crippen molar-refractivity contribution in [2.24, 2.45) is 0 Å². The Morgan fingerprint density at radius 1 is 0.788 bits per heavy atom. The fraction of sp³-hybridized carbons (Fsp3) is 0.214. The van der Waals surface area contributed by atoms with Crippen LogP contribution in [0.1, 0.15) is 36.1 Å². The van der Waals surface area contributed by atoms with Gasteiger partial charge in [0, 0.05) is 5.69 Å². The van der Waals surface area contributed by atoms with Gasteiger partial charge in [0.05, 0.1) is 17.4 Å². The first-order chi connectivity index (χ1) is 15.7. The van der Waals surface area contributed by atoms with Crippen LogP contribution in [-0.4, -0.2) is 17.9 Å². The van der Waals surface area contributed by atoms with Gasteiger partial charge in [-0.2, -0.15) is 0 Å². The van der Waals surface area contributed by atoms with Gasteiger partial charge in [-0.15, -0.1) is 0 Å². The van der Waals surface area contributed by atoms with Gasteiger partial charge in [-0.1, -0.05) is 30.3 Å². The molecule has 0 aromatic heterocycles. The number of benzene rings is 3. The zero-order valence-electron chi connectivity index (χ0n) is 19.6. The van der Waals surface area contributed by atoms with Gasteiger partial charge in [0.2, 0.25) is 0 Å². The Balaban J connectivity index is 1.80. The van der Waals surface area contributed by atoms with E-state index in [-0.39, 0.29) is 23.6 Å². The summed E-state index contributed by atoms with van der Waals surface area (Å²) in [6, 6.07) is 20.7. The topological polar surface area (TPSA) is 58.6 Å².